The predicted octanol–water partition coefficient (Wildman–Crippen LogP) is 3.65. The van der Waals surface area contributed by atoms with Crippen molar-refractivity contribution in [1.82, 2.24) is 4.31 Å². The van der Waals surface area contributed by atoms with E-state index in [0.717, 1.165) is 24.8 Å². The van der Waals surface area contributed by atoms with Crippen LogP contribution in [0.25, 0.3) is 0 Å². The molecular formula is C19H25NO4S. The van der Waals surface area contributed by atoms with E-state index in [2.05, 4.69) is 0 Å². The molecule has 2 heterocycles. The van der Waals surface area contributed by atoms with Gasteiger partial charge in [0.05, 0.1) is 17.2 Å². The van der Waals surface area contributed by atoms with Gasteiger partial charge in [0.15, 0.2) is 0 Å². The zero-order valence-electron chi connectivity index (χ0n) is 14.5. The van der Waals surface area contributed by atoms with Gasteiger partial charge in [-0.15, -0.1) is 0 Å². The molecule has 3 rings (SSSR count). The highest BCUT2D eigenvalue weighted by atomic mass is 32.2. The monoisotopic (exact) mass is 363 g/mol. The van der Waals surface area contributed by atoms with Crippen LogP contribution in [0.5, 0.6) is 0 Å². The number of furan rings is 1. The lowest BCUT2D eigenvalue weighted by molar-refractivity contribution is 0.145. The zero-order chi connectivity index (χ0) is 17.9. The largest absolute Gasteiger partial charge is 0.468 e. The molecule has 6 heteroatoms. The number of hydrogen-bond donors (Lipinski definition) is 1. The first kappa shape index (κ1) is 18.2. The van der Waals surface area contributed by atoms with Crippen LogP contribution in [0, 0.1) is 6.92 Å². The number of aliphatic hydroxyl groups is 1. The summed E-state index contributed by atoms with van der Waals surface area (Å²) in [7, 11) is -3.64. The van der Waals surface area contributed by atoms with Gasteiger partial charge < -0.3 is 9.52 Å². The number of nitrogens with zero attached hydrogens (tertiary/aromatic N) is 1. The zero-order valence-corrected chi connectivity index (χ0v) is 15.3. The van der Waals surface area contributed by atoms with Crippen LogP contribution in [0.3, 0.4) is 0 Å². The van der Waals surface area contributed by atoms with Crippen LogP contribution in [0.2, 0.25) is 0 Å². The number of aryl methyl sites for hydroxylation is 1. The molecule has 2 aromatic rings. The second kappa shape index (κ2) is 7.72. The van der Waals surface area contributed by atoms with E-state index in [1.54, 1.807) is 28.8 Å². The van der Waals surface area contributed by atoms with Crippen molar-refractivity contribution < 1.29 is 17.9 Å². The molecule has 0 saturated carbocycles. The van der Waals surface area contributed by atoms with Gasteiger partial charge >= 0.3 is 0 Å². The van der Waals surface area contributed by atoms with Gasteiger partial charge in [-0.2, -0.15) is 4.31 Å². The molecule has 0 unspecified atom stereocenters. The molecule has 1 aromatic heterocycles. The number of hydrogen-bond acceptors (Lipinski definition) is 4. The van der Waals surface area contributed by atoms with Crippen molar-refractivity contribution in [3.8, 4) is 0 Å². The Hall–Kier alpha value is -1.63. The lowest BCUT2D eigenvalue weighted by atomic mass is 9.94. The lowest BCUT2D eigenvalue weighted by Crippen LogP contribution is -2.45. The van der Waals surface area contributed by atoms with Crippen molar-refractivity contribution in [3.05, 3.63) is 54.0 Å². The third-order valence-electron chi connectivity index (χ3n) is 4.85. The highest BCUT2D eigenvalue weighted by Gasteiger charge is 2.41. The van der Waals surface area contributed by atoms with E-state index >= 15 is 0 Å². The first-order valence-corrected chi connectivity index (χ1v) is 10.2. The Morgan fingerprint density at radius 1 is 1.20 bits per heavy atom. The summed E-state index contributed by atoms with van der Waals surface area (Å²) in [6.07, 6.45) is 5.33. The number of sulfonamides is 1. The summed E-state index contributed by atoms with van der Waals surface area (Å²) in [5.74, 6) is 0.685. The minimum atomic E-state index is -3.64. The van der Waals surface area contributed by atoms with Crippen LogP contribution in [-0.2, 0) is 10.0 Å². The summed E-state index contributed by atoms with van der Waals surface area (Å²) in [4.78, 5) is 0.311. The quantitative estimate of drug-likeness (QED) is 0.850. The summed E-state index contributed by atoms with van der Waals surface area (Å²) in [6.45, 7) is 2.01. The molecular weight excluding hydrogens is 338 g/mol. The number of rotatable bonds is 6. The van der Waals surface area contributed by atoms with Gasteiger partial charge in [-0.25, -0.2) is 8.42 Å². The molecule has 1 N–H and O–H groups in total. The van der Waals surface area contributed by atoms with Crippen LogP contribution in [0.15, 0.2) is 52.0 Å². The second-order valence-corrected chi connectivity index (χ2v) is 8.47. The van der Waals surface area contributed by atoms with Gasteiger partial charge in [-0.05, 0) is 63.3 Å². The molecule has 0 amide bonds. The molecule has 2 atom stereocenters. The molecule has 1 aliphatic heterocycles. The molecule has 1 saturated heterocycles. The molecule has 1 fully saturated rings. The number of aliphatic hydroxyl groups excluding tert-OH is 1. The SMILES string of the molecule is Cc1ccc(S(=O)(=O)N2[C@H](CCCO)CCC[C@@H]2c2ccco2)cc1. The van der Waals surface area contributed by atoms with Gasteiger partial charge in [0.1, 0.15) is 5.76 Å². The van der Waals surface area contributed by atoms with Crippen molar-refractivity contribution in [2.45, 2.75) is 56.0 Å². The number of benzene rings is 1. The Labute approximate surface area is 149 Å². The maximum atomic E-state index is 13.4. The fourth-order valence-electron chi connectivity index (χ4n) is 3.60. The average Bonchev–Trinajstić information content (AvgIpc) is 3.14. The molecule has 136 valence electrons. The van der Waals surface area contributed by atoms with E-state index in [0.29, 0.717) is 23.5 Å². The topological polar surface area (TPSA) is 70.8 Å². The van der Waals surface area contributed by atoms with E-state index in [1.807, 2.05) is 25.1 Å². The molecule has 0 spiro atoms. The smallest absolute Gasteiger partial charge is 0.243 e. The fourth-order valence-corrected chi connectivity index (χ4v) is 5.47. The van der Waals surface area contributed by atoms with E-state index in [1.165, 1.54) is 0 Å². The normalized spacial score (nSPS) is 22.2. The van der Waals surface area contributed by atoms with E-state index in [-0.39, 0.29) is 18.7 Å². The van der Waals surface area contributed by atoms with Crippen LogP contribution >= 0.6 is 0 Å². The summed E-state index contributed by atoms with van der Waals surface area (Å²) < 4.78 is 34.0. The van der Waals surface area contributed by atoms with E-state index < -0.39 is 10.0 Å². The molecule has 0 radical (unpaired) electrons. The Bertz CT molecular complexity index is 768. The van der Waals surface area contributed by atoms with Crippen molar-refractivity contribution in [1.29, 1.82) is 0 Å². The Morgan fingerprint density at radius 2 is 1.96 bits per heavy atom. The van der Waals surface area contributed by atoms with Gasteiger partial charge in [0.25, 0.3) is 0 Å². The second-order valence-electron chi connectivity index (χ2n) is 6.63. The molecule has 25 heavy (non-hydrogen) atoms. The Morgan fingerprint density at radius 3 is 2.60 bits per heavy atom. The van der Waals surface area contributed by atoms with Crippen molar-refractivity contribution in [2.24, 2.45) is 0 Å². The maximum absolute atomic E-state index is 13.4. The summed E-state index contributed by atoms with van der Waals surface area (Å²) in [6, 6.07) is 10.2. The molecule has 5 nitrogen and oxygen atoms in total. The Balaban J connectivity index is 2.01. The molecule has 0 aliphatic carbocycles. The first-order valence-electron chi connectivity index (χ1n) is 8.78. The standard InChI is InChI=1S/C19H25NO4S/c1-15-9-11-17(12-10-15)25(22,23)20-16(6-3-13-21)5-2-7-18(20)19-8-4-14-24-19/h4,8-12,14,16,18,21H,2-3,5-7,13H2,1H3/t16-,18+/m0/s1. The highest BCUT2D eigenvalue weighted by molar-refractivity contribution is 7.89. The van der Waals surface area contributed by atoms with Crippen LogP contribution < -0.4 is 0 Å². The highest BCUT2D eigenvalue weighted by Crippen LogP contribution is 2.40. The molecule has 0 bridgehead atoms. The van der Waals surface area contributed by atoms with Crippen molar-refractivity contribution in [3.63, 3.8) is 0 Å². The minimum absolute atomic E-state index is 0.0698. The van der Waals surface area contributed by atoms with E-state index in [4.69, 9.17) is 4.42 Å². The number of piperidine rings is 1. The maximum Gasteiger partial charge on any atom is 0.243 e. The predicted molar refractivity (Wildman–Crippen MR) is 95.6 cm³/mol. The minimum Gasteiger partial charge on any atom is -0.468 e. The lowest BCUT2D eigenvalue weighted by Gasteiger charge is -2.40. The summed E-state index contributed by atoms with van der Waals surface area (Å²) in [5.41, 5.74) is 1.03. The van der Waals surface area contributed by atoms with E-state index in [9.17, 15) is 13.5 Å². The van der Waals surface area contributed by atoms with Gasteiger partial charge in [0, 0.05) is 12.6 Å². The fraction of sp³-hybridized carbons (Fsp3) is 0.474. The van der Waals surface area contributed by atoms with Gasteiger partial charge in [-0.3, -0.25) is 0 Å². The summed E-state index contributed by atoms with van der Waals surface area (Å²) >= 11 is 0. The first-order chi connectivity index (χ1) is 12.0. The van der Waals surface area contributed by atoms with Gasteiger partial charge in [0.2, 0.25) is 10.0 Å². The van der Waals surface area contributed by atoms with Crippen molar-refractivity contribution in [2.75, 3.05) is 6.61 Å². The summed E-state index contributed by atoms with van der Waals surface area (Å²) in [5, 5.41) is 9.20. The van der Waals surface area contributed by atoms with Crippen molar-refractivity contribution >= 4 is 10.0 Å². The van der Waals surface area contributed by atoms with Crippen LogP contribution in [0.4, 0.5) is 0 Å². The third kappa shape index (κ3) is 3.81. The van der Waals surface area contributed by atoms with Gasteiger partial charge in [-0.1, -0.05) is 17.7 Å². The Kier molecular flexibility index (Phi) is 5.61. The van der Waals surface area contributed by atoms with Crippen LogP contribution in [0.1, 0.15) is 49.5 Å². The molecule has 1 aliphatic rings. The van der Waals surface area contributed by atoms with Crippen LogP contribution in [-0.4, -0.2) is 30.5 Å². The third-order valence-corrected chi connectivity index (χ3v) is 6.82. The molecule has 1 aromatic carbocycles. The average molecular weight is 363 g/mol.